The van der Waals surface area contributed by atoms with E-state index in [1.807, 2.05) is 19.1 Å². The quantitative estimate of drug-likeness (QED) is 0.521. The number of aryl methyl sites for hydroxylation is 1. The lowest BCUT2D eigenvalue weighted by atomic mass is 10.2. The molecule has 14 heavy (non-hydrogen) atoms. The second-order valence-corrected chi connectivity index (χ2v) is 3.95. The van der Waals surface area contributed by atoms with Crippen LogP contribution in [0.25, 0.3) is 10.9 Å². The van der Waals surface area contributed by atoms with Crippen molar-refractivity contribution < 1.29 is 0 Å². The predicted octanol–water partition coefficient (Wildman–Crippen LogP) is 3.90. The summed E-state index contributed by atoms with van der Waals surface area (Å²) in [6.45, 7) is 1.90. The number of halogens is 3. The largest absolute Gasteiger partial charge is 0.224 e. The van der Waals surface area contributed by atoms with Crippen molar-refractivity contribution in [3.8, 4) is 0 Å². The number of rotatable bonds is 0. The SMILES string of the molecule is Cc1ccc2nc(Cl)nc(Cl)c2c1Cl. The zero-order valence-electron chi connectivity index (χ0n) is 7.18. The van der Waals surface area contributed by atoms with E-state index >= 15 is 0 Å². The zero-order valence-corrected chi connectivity index (χ0v) is 9.45. The molecule has 5 heteroatoms. The van der Waals surface area contributed by atoms with Crippen LogP contribution in [0.1, 0.15) is 5.56 Å². The van der Waals surface area contributed by atoms with E-state index in [9.17, 15) is 0 Å². The third-order valence-corrected chi connectivity index (χ3v) is 2.85. The molecule has 0 aliphatic rings. The van der Waals surface area contributed by atoms with E-state index in [0.29, 0.717) is 15.9 Å². The fraction of sp³-hybridized carbons (Fsp3) is 0.111. The molecule has 1 aromatic heterocycles. The molecule has 1 aromatic carbocycles. The van der Waals surface area contributed by atoms with Gasteiger partial charge in [-0.15, -0.1) is 0 Å². The van der Waals surface area contributed by atoms with Crippen molar-refractivity contribution in [3.05, 3.63) is 33.2 Å². The van der Waals surface area contributed by atoms with E-state index in [2.05, 4.69) is 9.97 Å². The van der Waals surface area contributed by atoms with Crippen LogP contribution in [0, 0.1) is 6.92 Å². The van der Waals surface area contributed by atoms with Gasteiger partial charge in [-0.25, -0.2) is 9.97 Å². The maximum Gasteiger partial charge on any atom is 0.224 e. The van der Waals surface area contributed by atoms with Crippen LogP contribution in [-0.2, 0) is 0 Å². The fourth-order valence-electron chi connectivity index (χ4n) is 1.22. The smallest absolute Gasteiger partial charge is 0.218 e. The summed E-state index contributed by atoms with van der Waals surface area (Å²) >= 11 is 17.7. The van der Waals surface area contributed by atoms with Crippen LogP contribution in [0.5, 0.6) is 0 Å². The Hall–Kier alpha value is -0.570. The van der Waals surface area contributed by atoms with Crippen molar-refractivity contribution in [2.45, 2.75) is 6.92 Å². The Kier molecular flexibility index (Phi) is 2.52. The summed E-state index contributed by atoms with van der Waals surface area (Å²) < 4.78 is 0. The van der Waals surface area contributed by atoms with Gasteiger partial charge in [0.05, 0.1) is 15.9 Å². The third-order valence-electron chi connectivity index (χ3n) is 1.92. The number of hydrogen-bond donors (Lipinski definition) is 0. The zero-order chi connectivity index (χ0) is 10.3. The van der Waals surface area contributed by atoms with Gasteiger partial charge in [-0.3, -0.25) is 0 Å². The van der Waals surface area contributed by atoms with Gasteiger partial charge in [0.15, 0.2) is 0 Å². The van der Waals surface area contributed by atoms with Crippen molar-refractivity contribution in [2.75, 3.05) is 0 Å². The lowest BCUT2D eigenvalue weighted by molar-refractivity contribution is 1.22. The molecule has 1 heterocycles. The van der Waals surface area contributed by atoms with Crippen LogP contribution in [0.15, 0.2) is 12.1 Å². The van der Waals surface area contributed by atoms with E-state index in [0.717, 1.165) is 5.56 Å². The standard InChI is InChI=1S/C9H5Cl3N2/c1-4-2-3-5-6(7(4)10)8(11)14-9(12)13-5/h2-3H,1H3. The van der Waals surface area contributed by atoms with Gasteiger partial charge in [-0.05, 0) is 30.2 Å². The highest BCUT2D eigenvalue weighted by atomic mass is 35.5. The first kappa shape index (κ1) is 9.97. The van der Waals surface area contributed by atoms with E-state index < -0.39 is 0 Å². The Morgan fingerprint density at radius 1 is 1.07 bits per heavy atom. The Bertz CT molecular complexity index is 511. The van der Waals surface area contributed by atoms with Gasteiger partial charge in [-0.2, -0.15) is 0 Å². The molecule has 0 radical (unpaired) electrons. The molecule has 0 atom stereocenters. The molecular formula is C9H5Cl3N2. The molecule has 0 aliphatic carbocycles. The van der Waals surface area contributed by atoms with Crippen molar-refractivity contribution in [3.63, 3.8) is 0 Å². The molecule has 2 rings (SSSR count). The van der Waals surface area contributed by atoms with Gasteiger partial charge in [0, 0.05) is 0 Å². The van der Waals surface area contributed by atoms with Crippen LogP contribution in [0.3, 0.4) is 0 Å². The second kappa shape index (κ2) is 3.54. The normalized spacial score (nSPS) is 10.9. The molecule has 0 bridgehead atoms. The first-order valence-electron chi connectivity index (χ1n) is 3.87. The first-order valence-corrected chi connectivity index (χ1v) is 5.01. The van der Waals surface area contributed by atoms with E-state index in [4.69, 9.17) is 34.8 Å². The lowest BCUT2D eigenvalue weighted by Crippen LogP contribution is -1.88. The van der Waals surface area contributed by atoms with E-state index in [1.54, 1.807) is 0 Å². The number of aromatic nitrogens is 2. The summed E-state index contributed by atoms with van der Waals surface area (Å²) in [6.07, 6.45) is 0. The van der Waals surface area contributed by atoms with Crippen LogP contribution in [0.2, 0.25) is 15.5 Å². The lowest BCUT2D eigenvalue weighted by Gasteiger charge is -2.04. The van der Waals surface area contributed by atoms with Crippen LogP contribution >= 0.6 is 34.8 Å². The number of hydrogen-bond acceptors (Lipinski definition) is 2. The summed E-state index contributed by atoms with van der Waals surface area (Å²) in [6, 6.07) is 3.68. The van der Waals surface area contributed by atoms with E-state index in [-0.39, 0.29) is 10.4 Å². The Labute approximate surface area is 95.8 Å². The Morgan fingerprint density at radius 3 is 2.50 bits per heavy atom. The summed E-state index contributed by atoms with van der Waals surface area (Å²) in [5, 5.41) is 1.64. The molecule has 0 N–H and O–H groups in total. The summed E-state index contributed by atoms with van der Waals surface area (Å²) in [5.74, 6) is 0. The summed E-state index contributed by atoms with van der Waals surface area (Å²) in [4.78, 5) is 7.86. The van der Waals surface area contributed by atoms with Crippen molar-refractivity contribution in [1.29, 1.82) is 0 Å². The second-order valence-electron chi connectivity index (χ2n) is 2.87. The summed E-state index contributed by atoms with van der Waals surface area (Å²) in [7, 11) is 0. The van der Waals surface area contributed by atoms with Crippen LogP contribution < -0.4 is 0 Å². The molecule has 2 nitrogen and oxygen atoms in total. The molecule has 0 aliphatic heterocycles. The molecule has 0 amide bonds. The van der Waals surface area contributed by atoms with Gasteiger partial charge in [0.2, 0.25) is 5.28 Å². The first-order chi connectivity index (χ1) is 6.59. The molecule has 0 saturated heterocycles. The fourth-order valence-corrected chi connectivity index (χ4v) is 2.01. The minimum absolute atomic E-state index is 0.127. The molecule has 0 saturated carbocycles. The molecule has 2 aromatic rings. The molecular weight excluding hydrogens is 242 g/mol. The van der Waals surface area contributed by atoms with Crippen molar-refractivity contribution in [2.24, 2.45) is 0 Å². The van der Waals surface area contributed by atoms with Gasteiger partial charge >= 0.3 is 0 Å². The van der Waals surface area contributed by atoms with Crippen LogP contribution in [-0.4, -0.2) is 9.97 Å². The van der Waals surface area contributed by atoms with Gasteiger partial charge < -0.3 is 0 Å². The molecule has 0 unspecified atom stereocenters. The average Bonchev–Trinajstić information content (AvgIpc) is 2.10. The topological polar surface area (TPSA) is 25.8 Å². The average molecular weight is 248 g/mol. The highest BCUT2D eigenvalue weighted by Gasteiger charge is 2.09. The third kappa shape index (κ3) is 1.54. The predicted molar refractivity (Wildman–Crippen MR) is 59.3 cm³/mol. The minimum Gasteiger partial charge on any atom is -0.218 e. The molecule has 0 fully saturated rings. The van der Waals surface area contributed by atoms with Crippen molar-refractivity contribution in [1.82, 2.24) is 9.97 Å². The highest BCUT2D eigenvalue weighted by molar-refractivity contribution is 6.42. The monoisotopic (exact) mass is 246 g/mol. The molecule has 0 spiro atoms. The van der Waals surface area contributed by atoms with Gasteiger partial charge in [0.1, 0.15) is 5.15 Å². The number of benzene rings is 1. The summed E-state index contributed by atoms with van der Waals surface area (Å²) in [5.41, 5.74) is 1.59. The van der Waals surface area contributed by atoms with Crippen molar-refractivity contribution >= 4 is 45.7 Å². The van der Waals surface area contributed by atoms with Gasteiger partial charge in [0.25, 0.3) is 0 Å². The molecule has 72 valence electrons. The van der Waals surface area contributed by atoms with E-state index in [1.165, 1.54) is 0 Å². The highest BCUT2D eigenvalue weighted by Crippen LogP contribution is 2.31. The number of nitrogens with zero attached hydrogens (tertiary/aromatic N) is 2. The number of fused-ring (bicyclic) bond motifs is 1. The maximum atomic E-state index is 6.08. The minimum atomic E-state index is 0.127. The Morgan fingerprint density at radius 2 is 1.79 bits per heavy atom. The van der Waals surface area contributed by atoms with Crippen LogP contribution in [0.4, 0.5) is 0 Å². The van der Waals surface area contributed by atoms with Gasteiger partial charge in [-0.1, -0.05) is 29.3 Å². The Balaban J connectivity index is 2.95. The maximum absolute atomic E-state index is 6.08.